The van der Waals surface area contributed by atoms with Crippen molar-refractivity contribution >= 4 is 38.9 Å². The number of aromatic hydroxyl groups is 1. The predicted octanol–water partition coefficient (Wildman–Crippen LogP) is 5.64. The van der Waals surface area contributed by atoms with E-state index in [2.05, 4.69) is 4.98 Å². The number of hydrogen-bond acceptors (Lipinski definition) is 9. The SMILES string of the molecule is COc1cc2nc(CCn3c(=O)n4n(c3=O)C3CC5C(=O)C(c6ccccc6)=CC(=O)C5(c5ccccc5)C(c5ccc(O)c6ccccc56)C3=CC4)c(=O)n(C)c2cc1OC. The first kappa shape index (κ1) is 38.6. The summed E-state index contributed by atoms with van der Waals surface area (Å²) in [6, 6.07) is 31.8. The summed E-state index contributed by atoms with van der Waals surface area (Å²) >= 11 is 0. The number of ketones is 2. The molecule has 1 fully saturated rings. The summed E-state index contributed by atoms with van der Waals surface area (Å²) in [5.74, 6) is -1.34. The Labute approximate surface area is 354 Å². The van der Waals surface area contributed by atoms with E-state index < -0.39 is 34.7 Å². The van der Waals surface area contributed by atoms with Gasteiger partial charge in [-0.2, -0.15) is 0 Å². The Hall–Kier alpha value is -7.54. The number of rotatable bonds is 8. The zero-order valence-corrected chi connectivity index (χ0v) is 34.1. The lowest BCUT2D eigenvalue weighted by Crippen LogP contribution is -2.58. The maximum absolute atomic E-state index is 15.5. The second-order valence-corrected chi connectivity index (χ2v) is 16.1. The third kappa shape index (κ3) is 5.53. The van der Waals surface area contributed by atoms with E-state index in [-0.39, 0.29) is 60.1 Å². The van der Waals surface area contributed by atoms with Crippen LogP contribution in [0.1, 0.15) is 40.8 Å². The molecule has 0 bridgehead atoms. The molecule has 4 unspecified atom stereocenters. The first-order valence-corrected chi connectivity index (χ1v) is 20.4. The number of Topliss-reactive ketones (excluding diaryl/α,β-unsaturated/α-hetero) is 1. The topological polar surface area (TPSA) is 157 Å². The highest BCUT2D eigenvalue weighted by Gasteiger charge is 2.63. The van der Waals surface area contributed by atoms with Gasteiger partial charge in [0, 0.05) is 54.9 Å². The molecule has 3 heterocycles. The van der Waals surface area contributed by atoms with Crippen molar-refractivity contribution in [3.63, 3.8) is 0 Å². The predicted molar refractivity (Wildman–Crippen MR) is 233 cm³/mol. The number of phenolic OH excluding ortho intramolecular Hbond substituents is 1. The minimum absolute atomic E-state index is 0.0137. The Morgan fingerprint density at radius 2 is 1.48 bits per heavy atom. The summed E-state index contributed by atoms with van der Waals surface area (Å²) in [5, 5.41) is 12.4. The maximum Gasteiger partial charge on any atom is 0.347 e. The highest BCUT2D eigenvalue weighted by Crippen LogP contribution is 2.62. The van der Waals surface area contributed by atoms with Crippen LogP contribution in [-0.2, 0) is 41.6 Å². The van der Waals surface area contributed by atoms with Gasteiger partial charge in [-0.1, -0.05) is 97.1 Å². The monoisotopic (exact) mass is 827 g/mol. The third-order valence-corrected chi connectivity index (χ3v) is 13.2. The van der Waals surface area contributed by atoms with Gasteiger partial charge < -0.3 is 19.1 Å². The van der Waals surface area contributed by atoms with Crippen molar-refractivity contribution in [2.24, 2.45) is 13.0 Å². The van der Waals surface area contributed by atoms with Crippen LogP contribution >= 0.6 is 0 Å². The minimum atomic E-state index is -1.46. The lowest BCUT2D eigenvalue weighted by molar-refractivity contribution is -0.133. The summed E-state index contributed by atoms with van der Waals surface area (Å²) in [4.78, 5) is 78.2. The van der Waals surface area contributed by atoms with Gasteiger partial charge >= 0.3 is 11.4 Å². The zero-order chi connectivity index (χ0) is 43.0. The van der Waals surface area contributed by atoms with Crippen LogP contribution in [0.3, 0.4) is 0 Å². The molecule has 7 aromatic rings. The van der Waals surface area contributed by atoms with Gasteiger partial charge in [0.25, 0.3) is 5.56 Å². The van der Waals surface area contributed by atoms with Crippen molar-refractivity contribution in [3.8, 4) is 17.2 Å². The van der Waals surface area contributed by atoms with E-state index in [1.165, 1.54) is 34.2 Å². The number of ether oxygens (including phenoxy) is 2. The van der Waals surface area contributed by atoms with Gasteiger partial charge in [0.15, 0.2) is 23.1 Å². The Morgan fingerprint density at radius 1 is 0.806 bits per heavy atom. The maximum atomic E-state index is 15.5. The van der Waals surface area contributed by atoms with Gasteiger partial charge in [-0.3, -0.25) is 14.4 Å². The van der Waals surface area contributed by atoms with Crippen molar-refractivity contribution in [2.75, 3.05) is 14.2 Å². The van der Waals surface area contributed by atoms with Crippen molar-refractivity contribution in [2.45, 2.75) is 43.3 Å². The van der Waals surface area contributed by atoms with Crippen molar-refractivity contribution in [3.05, 3.63) is 181 Å². The third-order valence-electron chi connectivity index (χ3n) is 13.2. The molecule has 62 heavy (non-hydrogen) atoms. The number of aromatic nitrogens is 5. The van der Waals surface area contributed by atoms with Gasteiger partial charge in [-0.25, -0.2) is 28.5 Å². The molecule has 3 aliphatic rings. The molecule has 310 valence electrons. The van der Waals surface area contributed by atoms with Crippen LogP contribution in [0.4, 0.5) is 0 Å². The Balaban J connectivity index is 1.15. The van der Waals surface area contributed by atoms with E-state index in [4.69, 9.17) is 9.47 Å². The molecular formula is C49H41N5O8. The number of carbonyl (C=O) groups is 2. The van der Waals surface area contributed by atoms with Crippen molar-refractivity contribution in [1.82, 2.24) is 23.5 Å². The van der Waals surface area contributed by atoms with E-state index in [0.717, 1.165) is 4.57 Å². The van der Waals surface area contributed by atoms with Gasteiger partial charge in [0.05, 0.1) is 43.3 Å². The van der Waals surface area contributed by atoms with Crippen LogP contribution in [0, 0.1) is 5.92 Å². The molecule has 2 aliphatic carbocycles. The molecule has 0 spiro atoms. The van der Waals surface area contributed by atoms with E-state index in [1.54, 1.807) is 43.4 Å². The number of carbonyl (C=O) groups excluding carboxylic acids is 2. The molecule has 1 aliphatic heterocycles. The molecule has 4 atom stereocenters. The number of hydrogen-bond donors (Lipinski definition) is 1. The fourth-order valence-electron chi connectivity index (χ4n) is 10.4. The zero-order valence-electron chi connectivity index (χ0n) is 34.1. The second kappa shape index (κ2) is 14.6. The number of methoxy groups -OCH3 is 2. The van der Waals surface area contributed by atoms with Crippen molar-refractivity contribution in [1.29, 1.82) is 0 Å². The van der Waals surface area contributed by atoms with E-state index in [1.807, 2.05) is 78.9 Å². The van der Waals surface area contributed by atoms with E-state index in [0.29, 0.717) is 55.6 Å². The summed E-state index contributed by atoms with van der Waals surface area (Å²) in [7, 11) is 4.63. The van der Waals surface area contributed by atoms with E-state index >= 15 is 9.59 Å². The Kier molecular flexibility index (Phi) is 9.09. The fraction of sp³-hybridized carbons (Fsp3) is 0.224. The molecule has 0 saturated heterocycles. The minimum Gasteiger partial charge on any atom is -0.507 e. The summed E-state index contributed by atoms with van der Waals surface area (Å²) in [6.45, 7) is -0.130. The lowest BCUT2D eigenvalue weighted by atomic mass is 9.47. The van der Waals surface area contributed by atoms with Gasteiger partial charge in [0.2, 0.25) is 0 Å². The summed E-state index contributed by atoms with van der Waals surface area (Å²) < 4.78 is 16.3. The number of nitrogens with zero attached hydrogens (tertiary/aromatic N) is 5. The second-order valence-electron chi connectivity index (χ2n) is 16.1. The molecule has 5 aromatic carbocycles. The molecular weight excluding hydrogens is 787 g/mol. The quantitative estimate of drug-likeness (QED) is 0.192. The molecule has 10 rings (SSSR count). The highest BCUT2D eigenvalue weighted by molar-refractivity contribution is 6.31. The van der Waals surface area contributed by atoms with Crippen LogP contribution in [0.2, 0.25) is 0 Å². The molecule has 1 saturated carbocycles. The first-order valence-electron chi connectivity index (χ1n) is 20.4. The smallest absolute Gasteiger partial charge is 0.347 e. The van der Waals surface area contributed by atoms with Crippen molar-refractivity contribution < 1.29 is 24.2 Å². The van der Waals surface area contributed by atoms with Crippen LogP contribution < -0.4 is 26.4 Å². The van der Waals surface area contributed by atoms with Crippen LogP contribution in [0.5, 0.6) is 17.2 Å². The molecule has 2 aromatic heterocycles. The van der Waals surface area contributed by atoms with Gasteiger partial charge in [-0.05, 0) is 46.2 Å². The Morgan fingerprint density at radius 3 is 2.21 bits per heavy atom. The largest absolute Gasteiger partial charge is 0.507 e. The average Bonchev–Trinajstić information content (AvgIpc) is 3.55. The lowest BCUT2D eigenvalue weighted by Gasteiger charge is -2.54. The normalized spacial score (nSPS) is 20.6. The average molecular weight is 828 g/mol. The number of fused-ring (bicyclic) bond motifs is 6. The standard InChI is InChI=1S/C49H41N5O8/c1-51-39-27-42(62-3)41(61-2)26-37(39)50-36(46(51)58)21-22-52-47(59)53-23-20-33-38(54(53)48(52)60)25-35-45(57)34(28-12-6-4-7-13-28)24-43(56)49(35,29-14-8-5-9-15-29)44(33)32-18-19-40(55)31-17-11-10-16-30(31)32/h4-20,24,26-27,35,38,44,55H,21-23,25H2,1-3H3. The molecule has 13 nitrogen and oxygen atoms in total. The highest BCUT2D eigenvalue weighted by atomic mass is 16.5. The summed E-state index contributed by atoms with van der Waals surface area (Å²) in [6.07, 6.45) is 3.42. The van der Waals surface area contributed by atoms with Crippen LogP contribution in [-0.4, -0.2) is 54.4 Å². The number of phenols is 1. The first-order chi connectivity index (χ1) is 30.1. The molecule has 13 heteroatoms. The number of aryl methyl sites for hydroxylation is 2. The van der Waals surface area contributed by atoms with Crippen LogP contribution in [0.15, 0.2) is 141 Å². The molecule has 0 amide bonds. The van der Waals surface area contributed by atoms with Gasteiger partial charge in [0.1, 0.15) is 11.4 Å². The van der Waals surface area contributed by atoms with Gasteiger partial charge in [-0.15, -0.1) is 0 Å². The molecule has 0 radical (unpaired) electrons. The van der Waals surface area contributed by atoms with E-state index in [9.17, 15) is 19.5 Å². The number of benzene rings is 5. The fourth-order valence-corrected chi connectivity index (χ4v) is 10.4. The molecule has 1 N–H and O–H groups in total. The van der Waals surface area contributed by atoms with Crippen LogP contribution in [0.25, 0.3) is 27.4 Å². The summed E-state index contributed by atoms with van der Waals surface area (Å²) in [5.41, 5.74) is 1.09. The number of allylic oxidation sites excluding steroid dienone is 4. The Bertz CT molecular complexity index is 3270.